The molecule has 0 aliphatic carbocycles. The molecule has 0 fully saturated rings. The van der Waals surface area contributed by atoms with Gasteiger partial charge in [0.15, 0.2) is 5.82 Å². The van der Waals surface area contributed by atoms with Crippen LogP contribution in [-0.4, -0.2) is 28.2 Å². The van der Waals surface area contributed by atoms with E-state index in [-0.39, 0.29) is 6.61 Å². The summed E-state index contributed by atoms with van der Waals surface area (Å²) in [7, 11) is 0. The van der Waals surface area contributed by atoms with E-state index in [9.17, 15) is 0 Å². The van der Waals surface area contributed by atoms with Crippen molar-refractivity contribution in [2.45, 2.75) is 6.92 Å². The van der Waals surface area contributed by atoms with E-state index in [1.807, 2.05) is 37.3 Å². The van der Waals surface area contributed by atoms with E-state index < -0.39 is 0 Å². The average molecular weight is 355 g/mol. The van der Waals surface area contributed by atoms with Gasteiger partial charge in [-0.05, 0) is 41.6 Å². The van der Waals surface area contributed by atoms with Crippen LogP contribution in [0.15, 0.2) is 30.3 Å². The van der Waals surface area contributed by atoms with Crippen molar-refractivity contribution in [3.8, 4) is 11.4 Å². The second-order valence-corrected chi connectivity index (χ2v) is 5.12. The van der Waals surface area contributed by atoms with E-state index in [1.165, 1.54) is 3.57 Å². The van der Waals surface area contributed by atoms with Gasteiger partial charge in [0.1, 0.15) is 5.82 Å². The minimum absolute atomic E-state index is 0.0852. The molecule has 0 radical (unpaired) electrons. The first-order valence-corrected chi connectivity index (χ1v) is 6.73. The second-order valence-electron chi connectivity index (χ2n) is 3.88. The van der Waals surface area contributed by atoms with Crippen molar-refractivity contribution < 1.29 is 5.11 Å². The van der Waals surface area contributed by atoms with Gasteiger partial charge in [-0.1, -0.05) is 12.1 Å². The minimum Gasteiger partial charge on any atom is -0.395 e. The zero-order valence-electron chi connectivity index (χ0n) is 10.0. The Hall–Kier alpha value is -1.21. The van der Waals surface area contributed by atoms with Crippen molar-refractivity contribution in [2.75, 3.05) is 18.5 Å². The fourth-order valence-corrected chi connectivity index (χ4v) is 1.93. The van der Waals surface area contributed by atoms with E-state index >= 15 is 0 Å². The van der Waals surface area contributed by atoms with E-state index in [4.69, 9.17) is 5.11 Å². The van der Waals surface area contributed by atoms with Crippen LogP contribution in [0.2, 0.25) is 0 Å². The summed E-state index contributed by atoms with van der Waals surface area (Å²) in [5, 5.41) is 11.9. The molecule has 0 aliphatic heterocycles. The fourth-order valence-electron chi connectivity index (χ4n) is 1.57. The topological polar surface area (TPSA) is 58.0 Å². The summed E-state index contributed by atoms with van der Waals surface area (Å²) in [4.78, 5) is 8.86. The van der Waals surface area contributed by atoms with E-state index in [1.54, 1.807) is 0 Å². The maximum absolute atomic E-state index is 8.81. The average Bonchev–Trinajstić information content (AvgIpc) is 2.36. The largest absolute Gasteiger partial charge is 0.395 e. The number of nitrogens with zero attached hydrogens (tertiary/aromatic N) is 2. The van der Waals surface area contributed by atoms with E-state index in [0.29, 0.717) is 12.4 Å². The summed E-state index contributed by atoms with van der Waals surface area (Å²) in [5.41, 5.74) is 1.89. The highest BCUT2D eigenvalue weighted by Crippen LogP contribution is 2.19. The fraction of sp³-hybridized carbons (Fsp3) is 0.231. The maximum atomic E-state index is 8.81. The molecule has 0 bridgehead atoms. The third-order valence-corrected chi connectivity index (χ3v) is 3.09. The highest BCUT2D eigenvalue weighted by molar-refractivity contribution is 14.1. The van der Waals surface area contributed by atoms with Gasteiger partial charge in [-0.25, -0.2) is 9.97 Å². The molecule has 2 rings (SSSR count). The highest BCUT2D eigenvalue weighted by atomic mass is 127. The molecule has 18 heavy (non-hydrogen) atoms. The summed E-state index contributed by atoms with van der Waals surface area (Å²) in [6.07, 6.45) is 0. The molecule has 2 aromatic rings. The van der Waals surface area contributed by atoms with Crippen LogP contribution < -0.4 is 5.32 Å². The zero-order chi connectivity index (χ0) is 13.0. The normalized spacial score (nSPS) is 10.4. The lowest BCUT2D eigenvalue weighted by Gasteiger charge is -2.07. The zero-order valence-corrected chi connectivity index (χ0v) is 12.2. The number of aromatic nitrogens is 2. The van der Waals surface area contributed by atoms with Crippen molar-refractivity contribution in [1.29, 1.82) is 0 Å². The Morgan fingerprint density at radius 2 is 1.94 bits per heavy atom. The number of aliphatic hydroxyl groups excluding tert-OH is 1. The van der Waals surface area contributed by atoms with E-state index in [0.717, 1.165) is 17.1 Å². The molecule has 0 saturated carbocycles. The Kier molecular flexibility index (Phi) is 4.48. The molecule has 0 unspecified atom stereocenters. The quantitative estimate of drug-likeness (QED) is 0.828. The van der Waals surface area contributed by atoms with Gasteiger partial charge in [-0.2, -0.15) is 0 Å². The van der Waals surface area contributed by atoms with Crippen LogP contribution in [0.4, 0.5) is 5.82 Å². The van der Waals surface area contributed by atoms with Crippen LogP contribution in [0.5, 0.6) is 0 Å². The van der Waals surface area contributed by atoms with Gasteiger partial charge in [0.2, 0.25) is 0 Å². The summed E-state index contributed by atoms with van der Waals surface area (Å²) in [5.74, 6) is 1.44. The van der Waals surface area contributed by atoms with Crippen LogP contribution in [0, 0.1) is 10.5 Å². The smallest absolute Gasteiger partial charge is 0.161 e. The van der Waals surface area contributed by atoms with Gasteiger partial charge in [0, 0.05) is 27.4 Å². The number of halogens is 1. The first-order chi connectivity index (χ1) is 8.69. The van der Waals surface area contributed by atoms with Crippen molar-refractivity contribution in [1.82, 2.24) is 9.97 Å². The van der Waals surface area contributed by atoms with Crippen LogP contribution in [0.3, 0.4) is 0 Å². The minimum atomic E-state index is 0.0852. The van der Waals surface area contributed by atoms with Gasteiger partial charge < -0.3 is 10.4 Å². The van der Waals surface area contributed by atoms with Gasteiger partial charge >= 0.3 is 0 Å². The molecule has 0 saturated heterocycles. The number of rotatable bonds is 4. The molecule has 94 valence electrons. The number of benzene rings is 1. The molecule has 0 aliphatic rings. The third kappa shape index (κ3) is 3.39. The predicted molar refractivity (Wildman–Crippen MR) is 80.5 cm³/mol. The van der Waals surface area contributed by atoms with Crippen LogP contribution in [0.1, 0.15) is 5.69 Å². The molecular weight excluding hydrogens is 341 g/mol. The van der Waals surface area contributed by atoms with Gasteiger partial charge in [0.05, 0.1) is 6.61 Å². The summed E-state index contributed by atoms with van der Waals surface area (Å²) < 4.78 is 1.18. The lowest BCUT2D eigenvalue weighted by atomic mass is 10.2. The van der Waals surface area contributed by atoms with Crippen LogP contribution in [0.25, 0.3) is 11.4 Å². The number of nitrogens with one attached hydrogen (secondary N) is 1. The Labute approximate surface area is 120 Å². The standard InChI is InChI=1S/C13H14IN3O/c1-9-8-12(15-6-7-18)17-13(16-9)10-2-4-11(14)5-3-10/h2-5,8,18H,6-7H2,1H3,(H,15,16,17). The first-order valence-electron chi connectivity index (χ1n) is 5.65. The SMILES string of the molecule is Cc1cc(NCCO)nc(-c2ccc(I)cc2)n1. The monoisotopic (exact) mass is 355 g/mol. The molecule has 0 spiro atoms. The van der Waals surface area contributed by atoms with Crippen LogP contribution in [-0.2, 0) is 0 Å². The molecule has 4 nitrogen and oxygen atoms in total. The Balaban J connectivity index is 2.32. The number of hydrogen-bond donors (Lipinski definition) is 2. The van der Waals surface area contributed by atoms with E-state index in [2.05, 4.69) is 37.9 Å². The van der Waals surface area contributed by atoms with Gasteiger partial charge in [0.25, 0.3) is 0 Å². The molecular formula is C13H14IN3O. The van der Waals surface area contributed by atoms with Crippen LogP contribution >= 0.6 is 22.6 Å². The van der Waals surface area contributed by atoms with Gasteiger partial charge in [-0.15, -0.1) is 0 Å². The Morgan fingerprint density at radius 3 is 2.61 bits per heavy atom. The summed E-state index contributed by atoms with van der Waals surface area (Å²) >= 11 is 2.27. The number of aliphatic hydroxyl groups is 1. The lowest BCUT2D eigenvalue weighted by Crippen LogP contribution is -2.08. The number of anilines is 1. The molecule has 1 heterocycles. The number of aryl methyl sites for hydroxylation is 1. The van der Waals surface area contributed by atoms with Gasteiger partial charge in [-0.3, -0.25) is 0 Å². The second kappa shape index (κ2) is 6.10. The summed E-state index contributed by atoms with van der Waals surface area (Å²) in [6.45, 7) is 2.51. The van der Waals surface area contributed by atoms with Crippen molar-refractivity contribution in [3.05, 3.63) is 39.6 Å². The first kappa shape index (κ1) is 13.2. The molecule has 5 heteroatoms. The van der Waals surface area contributed by atoms with Crippen molar-refractivity contribution in [2.24, 2.45) is 0 Å². The third-order valence-electron chi connectivity index (χ3n) is 2.37. The lowest BCUT2D eigenvalue weighted by molar-refractivity contribution is 0.311. The molecule has 0 amide bonds. The predicted octanol–water partition coefficient (Wildman–Crippen LogP) is 2.46. The highest BCUT2D eigenvalue weighted by Gasteiger charge is 2.04. The Morgan fingerprint density at radius 1 is 1.22 bits per heavy atom. The van der Waals surface area contributed by atoms with Crippen molar-refractivity contribution in [3.63, 3.8) is 0 Å². The molecule has 1 aromatic carbocycles. The molecule has 0 atom stereocenters. The number of hydrogen-bond acceptors (Lipinski definition) is 4. The van der Waals surface area contributed by atoms with Crippen molar-refractivity contribution >= 4 is 28.4 Å². The summed E-state index contributed by atoms with van der Waals surface area (Å²) in [6, 6.07) is 9.94. The molecule has 1 aromatic heterocycles. The Bertz CT molecular complexity index is 528. The maximum Gasteiger partial charge on any atom is 0.161 e. The molecule has 2 N–H and O–H groups in total.